The standard InChI is InChI=1S/C19H16F6N4O2/c1-17(6-7-17)13(9-2-4-10(5-3-9)19(23,24)25)29-14-12(15(30)27-16(31)26-14)11(28-29)8-18(20,21)22/h2-5,13H,6-8H2,1H3,(H2,26,27,30,31)/t13-/m0/s1. The van der Waals surface area contributed by atoms with Crippen LogP contribution in [0, 0.1) is 5.41 Å². The Kier molecular flexibility index (Phi) is 4.60. The average molecular weight is 446 g/mol. The van der Waals surface area contributed by atoms with Crippen LogP contribution in [0.2, 0.25) is 0 Å². The summed E-state index contributed by atoms with van der Waals surface area (Å²) in [4.78, 5) is 28.3. The van der Waals surface area contributed by atoms with E-state index in [1.807, 2.05) is 11.9 Å². The van der Waals surface area contributed by atoms with Gasteiger partial charge < -0.3 is 0 Å². The fourth-order valence-corrected chi connectivity index (χ4v) is 3.81. The van der Waals surface area contributed by atoms with Gasteiger partial charge in [-0.25, -0.2) is 9.48 Å². The molecule has 1 aliphatic carbocycles. The second-order valence-corrected chi connectivity index (χ2v) is 7.99. The van der Waals surface area contributed by atoms with Crippen LogP contribution in [0.4, 0.5) is 26.3 Å². The van der Waals surface area contributed by atoms with Crippen LogP contribution in [0.5, 0.6) is 0 Å². The number of benzene rings is 1. The summed E-state index contributed by atoms with van der Waals surface area (Å²) in [7, 11) is 0. The minimum Gasteiger partial charge on any atom is -0.292 e. The molecule has 1 fully saturated rings. The highest BCUT2D eigenvalue weighted by Gasteiger charge is 2.48. The van der Waals surface area contributed by atoms with Crippen molar-refractivity contribution in [2.75, 3.05) is 0 Å². The van der Waals surface area contributed by atoms with Crippen LogP contribution in [-0.2, 0) is 12.6 Å². The van der Waals surface area contributed by atoms with E-state index in [0.29, 0.717) is 18.4 Å². The molecular formula is C19H16F6N4O2. The number of fused-ring (bicyclic) bond motifs is 1. The molecule has 0 saturated heterocycles. The van der Waals surface area contributed by atoms with E-state index >= 15 is 0 Å². The molecule has 1 aliphatic rings. The lowest BCUT2D eigenvalue weighted by atomic mass is 9.91. The molecule has 0 unspecified atom stereocenters. The summed E-state index contributed by atoms with van der Waals surface area (Å²) in [6.07, 6.45) is -9.43. The smallest absolute Gasteiger partial charge is 0.292 e. The van der Waals surface area contributed by atoms with Gasteiger partial charge in [0, 0.05) is 0 Å². The summed E-state index contributed by atoms with van der Waals surface area (Å²) in [6, 6.07) is 3.45. The monoisotopic (exact) mass is 446 g/mol. The molecule has 12 heteroatoms. The third-order valence-electron chi connectivity index (χ3n) is 5.53. The molecule has 1 atom stereocenters. The number of aromatic nitrogens is 4. The van der Waals surface area contributed by atoms with Crippen molar-refractivity contribution in [1.29, 1.82) is 0 Å². The zero-order chi connectivity index (χ0) is 22.8. The Hall–Kier alpha value is -3.05. The van der Waals surface area contributed by atoms with Crippen molar-refractivity contribution in [3.05, 3.63) is 61.9 Å². The zero-order valence-corrected chi connectivity index (χ0v) is 16.0. The predicted octanol–water partition coefficient (Wildman–Crippen LogP) is 3.93. The number of aromatic amines is 2. The molecule has 3 aromatic rings. The highest BCUT2D eigenvalue weighted by molar-refractivity contribution is 5.77. The minimum absolute atomic E-state index is 0.203. The van der Waals surface area contributed by atoms with Gasteiger partial charge in [-0.05, 0) is 36.0 Å². The molecule has 0 amide bonds. The summed E-state index contributed by atoms with van der Waals surface area (Å²) in [6.45, 7) is 1.82. The summed E-state index contributed by atoms with van der Waals surface area (Å²) in [5, 5.41) is 3.61. The normalized spacial score (nSPS) is 17.1. The Morgan fingerprint density at radius 1 is 1.06 bits per heavy atom. The Labute approximate surface area is 169 Å². The summed E-state index contributed by atoms with van der Waals surface area (Å²) in [5.41, 5.74) is -3.73. The maximum Gasteiger partial charge on any atom is 0.416 e. The largest absolute Gasteiger partial charge is 0.416 e. The van der Waals surface area contributed by atoms with Crippen LogP contribution in [0.3, 0.4) is 0 Å². The number of nitrogens with zero attached hydrogens (tertiary/aromatic N) is 2. The first kappa shape index (κ1) is 21.2. The van der Waals surface area contributed by atoms with E-state index < -0.39 is 58.1 Å². The fraction of sp³-hybridized carbons (Fsp3) is 0.421. The van der Waals surface area contributed by atoms with Crippen LogP contribution in [0.1, 0.15) is 42.6 Å². The van der Waals surface area contributed by atoms with Crippen molar-refractivity contribution in [3.63, 3.8) is 0 Å². The van der Waals surface area contributed by atoms with Gasteiger partial charge in [0.15, 0.2) is 0 Å². The van der Waals surface area contributed by atoms with Crippen molar-refractivity contribution < 1.29 is 26.3 Å². The van der Waals surface area contributed by atoms with Gasteiger partial charge >= 0.3 is 18.0 Å². The number of halogens is 6. The predicted molar refractivity (Wildman–Crippen MR) is 97.7 cm³/mol. The number of H-pyrrole nitrogens is 2. The van der Waals surface area contributed by atoms with E-state index in [9.17, 15) is 35.9 Å². The average Bonchev–Trinajstić information content (AvgIpc) is 3.27. The van der Waals surface area contributed by atoms with Gasteiger partial charge in [-0.1, -0.05) is 19.1 Å². The number of nitrogens with one attached hydrogen (secondary N) is 2. The first-order valence-electron chi connectivity index (χ1n) is 9.26. The van der Waals surface area contributed by atoms with E-state index in [-0.39, 0.29) is 5.65 Å². The molecule has 0 spiro atoms. The van der Waals surface area contributed by atoms with Gasteiger partial charge in [0.25, 0.3) is 5.56 Å². The van der Waals surface area contributed by atoms with Gasteiger partial charge in [-0.2, -0.15) is 31.4 Å². The van der Waals surface area contributed by atoms with E-state index in [1.54, 1.807) is 0 Å². The van der Waals surface area contributed by atoms with E-state index in [2.05, 4.69) is 10.1 Å². The zero-order valence-electron chi connectivity index (χ0n) is 16.0. The molecule has 1 saturated carbocycles. The van der Waals surface area contributed by atoms with Crippen LogP contribution in [0.25, 0.3) is 11.0 Å². The first-order valence-corrected chi connectivity index (χ1v) is 9.26. The van der Waals surface area contributed by atoms with Crippen LogP contribution < -0.4 is 11.2 Å². The second kappa shape index (κ2) is 6.72. The van der Waals surface area contributed by atoms with Crippen LogP contribution in [0.15, 0.2) is 33.9 Å². The number of hydrogen-bond donors (Lipinski definition) is 2. The molecule has 0 bridgehead atoms. The molecule has 166 valence electrons. The van der Waals surface area contributed by atoms with Gasteiger partial charge in [-0.15, -0.1) is 0 Å². The molecule has 0 radical (unpaired) electrons. The van der Waals surface area contributed by atoms with Crippen molar-refractivity contribution in [2.45, 2.75) is 44.6 Å². The van der Waals surface area contributed by atoms with Crippen molar-refractivity contribution in [2.24, 2.45) is 5.41 Å². The van der Waals surface area contributed by atoms with E-state index in [4.69, 9.17) is 0 Å². The maximum absolute atomic E-state index is 13.1. The quantitative estimate of drug-likeness (QED) is 0.596. The first-order chi connectivity index (χ1) is 14.3. The molecule has 31 heavy (non-hydrogen) atoms. The Morgan fingerprint density at radius 3 is 2.19 bits per heavy atom. The summed E-state index contributed by atoms with van der Waals surface area (Å²) >= 11 is 0. The third-order valence-corrected chi connectivity index (χ3v) is 5.53. The molecular weight excluding hydrogens is 430 g/mol. The molecule has 2 heterocycles. The van der Waals surface area contributed by atoms with E-state index in [0.717, 1.165) is 16.8 Å². The van der Waals surface area contributed by atoms with Crippen molar-refractivity contribution in [1.82, 2.24) is 19.7 Å². The van der Waals surface area contributed by atoms with Crippen LogP contribution in [-0.4, -0.2) is 25.9 Å². The Balaban J connectivity index is 1.94. The lowest BCUT2D eigenvalue weighted by Gasteiger charge is -2.25. The highest BCUT2D eigenvalue weighted by atomic mass is 19.4. The Morgan fingerprint density at radius 2 is 1.68 bits per heavy atom. The highest BCUT2D eigenvalue weighted by Crippen LogP contribution is 2.56. The molecule has 4 rings (SSSR count). The molecule has 2 aromatic heterocycles. The number of alkyl halides is 6. The second-order valence-electron chi connectivity index (χ2n) is 7.99. The molecule has 6 nitrogen and oxygen atoms in total. The maximum atomic E-state index is 13.1. The van der Waals surface area contributed by atoms with Gasteiger partial charge in [0.1, 0.15) is 11.0 Å². The molecule has 0 aliphatic heterocycles. The van der Waals surface area contributed by atoms with E-state index in [1.165, 1.54) is 12.1 Å². The fourth-order valence-electron chi connectivity index (χ4n) is 3.81. The summed E-state index contributed by atoms with van der Waals surface area (Å²) in [5.74, 6) is 0. The topological polar surface area (TPSA) is 83.5 Å². The number of hydrogen-bond acceptors (Lipinski definition) is 3. The molecule has 2 N–H and O–H groups in total. The van der Waals surface area contributed by atoms with Gasteiger partial charge in [0.2, 0.25) is 0 Å². The minimum atomic E-state index is -4.66. The summed E-state index contributed by atoms with van der Waals surface area (Å²) < 4.78 is 79.2. The van der Waals surface area contributed by atoms with Crippen molar-refractivity contribution >= 4 is 11.0 Å². The third kappa shape index (κ3) is 3.98. The SMILES string of the molecule is CC1([C@H](c2ccc(C(F)(F)F)cc2)n2nc(CC(F)(F)F)c3c(=O)[nH]c(=O)[nH]c32)CC1. The lowest BCUT2D eigenvalue weighted by Crippen LogP contribution is -2.26. The van der Waals surface area contributed by atoms with Gasteiger partial charge in [0.05, 0.1) is 23.7 Å². The van der Waals surface area contributed by atoms with Gasteiger partial charge in [-0.3, -0.25) is 14.8 Å². The molecule has 1 aromatic carbocycles. The number of rotatable bonds is 4. The lowest BCUT2D eigenvalue weighted by molar-refractivity contribution is -0.137. The Bertz CT molecular complexity index is 1250. The van der Waals surface area contributed by atoms with Crippen LogP contribution >= 0.6 is 0 Å². The van der Waals surface area contributed by atoms with Crippen molar-refractivity contribution in [3.8, 4) is 0 Å².